The third kappa shape index (κ3) is 4.59. The standard InChI is InChI=1S/C18H19N3O2S/c1-13(2)23-16-8-6-14(7-9-16)18-20-17(21-24-18)12-22-11-15-5-3-4-10-19-15/h3-10,13H,11-12H2,1-2H3. The molecule has 0 unspecified atom stereocenters. The van der Waals surface area contributed by atoms with Crippen LogP contribution in [-0.2, 0) is 18.0 Å². The molecule has 0 aliphatic rings. The summed E-state index contributed by atoms with van der Waals surface area (Å²) in [6, 6.07) is 13.7. The van der Waals surface area contributed by atoms with Gasteiger partial charge < -0.3 is 9.47 Å². The first-order valence-electron chi connectivity index (χ1n) is 7.78. The lowest BCUT2D eigenvalue weighted by atomic mass is 10.2. The first kappa shape index (κ1) is 16.5. The van der Waals surface area contributed by atoms with Crippen LogP contribution in [-0.4, -0.2) is 20.4 Å². The number of rotatable bonds is 7. The molecule has 1 aromatic carbocycles. The van der Waals surface area contributed by atoms with E-state index in [2.05, 4.69) is 14.3 Å². The molecule has 3 rings (SSSR count). The maximum atomic E-state index is 5.65. The third-order valence-corrected chi connectivity index (χ3v) is 3.95. The number of hydrogen-bond acceptors (Lipinski definition) is 6. The summed E-state index contributed by atoms with van der Waals surface area (Å²) >= 11 is 1.37. The summed E-state index contributed by atoms with van der Waals surface area (Å²) in [6.45, 7) is 4.85. The third-order valence-electron chi connectivity index (χ3n) is 3.15. The van der Waals surface area contributed by atoms with Crippen molar-refractivity contribution in [3.8, 4) is 16.3 Å². The summed E-state index contributed by atoms with van der Waals surface area (Å²) in [5.74, 6) is 1.55. The molecule has 3 aromatic rings. The quantitative estimate of drug-likeness (QED) is 0.647. The zero-order valence-corrected chi connectivity index (χ0v) is 14.5. The summed E-state index contributed by atoms with van der Waals surface area (Å²) in [5.41, 5.74) is 1.92. The van der Waals surface area contributed by atoms with Crippen LogP contribution in [0.3, 0.4) is 0 Å². The van der Waals surface area contributed by atoms with Gasteiger partial charge in [0.05, 0.1) is 18.4 Å². The fourth-order valence-electron chi connectivity index (χ4n) is 2.11. The highest BCUT2D eigenvalue weighted by Crippen LogP contribution is 2.24. The minimum Gasteiger partial charge on any atom is -0.491 e. The van der Waals surface area contributed by atoms with Crippen LogP contribution < -0.4 is 4.74 Å². The highest BCUT2D eigenvalue weighted by molar-refractivity contribution is 7.09. The van der Waals surface area contributed by atoms with E-state index in [1.807, 2.05) is 56.3 Å². The molecule has 0 spiro atoms. The zero-order chi connectivity index (χ0) is 16.8. The van der Waals surface area contributed by atoms with Gasteiger partial charge in [0.15, 0.2) is 5.82 Å². The van der Waals surface area contributed by atoms with Crippen molar-refractivity contribution in [3.05, 3.63) is 60.2 Å². The molecule has 0 amide bonds. The lowest BCUT2D eigenvalue weighted by Gasteiger charge is -2.09. The second-order valence-electron chi connectivity index (χ2n) is 5.52. The van der Waals surface area contributed by atoms with Gasteiger partial charge in [-0.2, -0.15) is 4.37 Å². The van der Waals surface area contributed by atoms with E-state index in [1.165, 1.54) is 11.5 Å². The van der Waals surface area contributed by atoms with Crippen LogP contribution in [0.15, 0.2) is 48.7 Å². The molecule has 0 saturated heterocycles. The molecule has 5 nitrogen and oxygen atoms in total. The van der Waals surface area contributed by atoms with Crippen LogP contribution in [0, 0.1) is 0 Å². The topological polar surface area (TPSA) is 57.1 Å². The largest absolute Gasteiger partial charge is 0.491 e. The van der Waals surface area contributed by atoms with Crippen LogP contribution in [0.2, 0.25) is 0 Å². The Morgan fingerprint density at radius 1 is 1.04 bits per heavy atom. The molecular formula is C18H19N3O2S. The molecule has 124 valence electrons. The second kappa shape index (κ2) is 7.99. The molecular weight excluding hydrogens is 322 g/mol. The van der Waals surface area contributed by atoms with E-state index in [-0.39, 0.29) is 6.10 Å². The predicted octanol–water partition coefficient (Wildman–Crippen LogP) is 4.10. The Bertz CT molecular complexity index is 757. The van der Waals surface area contributed by atoms with E-state index < -0.39 is 0 Å². The first-order valence-corrected chi connectivity index (χ1v) is 8.55. The van der Waals surface area contributed by atoms with E-state index >= 15 is 0 Å². The van der Waals surface area contributed by atoms with E-state index in [0.717, 1.165) is 22.0 Å². The summed E-state index contributed by atoms with van der Waals surface area (Å²) in [5, 5.41) is 0.877. The fourth-order valence-corrected chi connectivity index (χ4v) is 2.78. The number of ether oxygens (including phenoxy) is 2. The first-order chi connectivity index (χ1) is 11.7. The van der Waals surface area contributed by atoms with Crippen molar-refractivity contribution in [1.82, 2.24) is 14.3 Å². The fraction of sp³-hybridized carbons (Fsp3) is 0.278. The van der Waals surface area contributed by atoms with Gasteiger partial charge in [-0.05, 0) is 61.8 Å². The van der Waals surface area contributed by atoms with Crippen molar-refractivity contribution in [2.75, 3.05) is 0 Å². The smallest absolute Gasteiger partial charge is 0.168 e. The molecule has 24 heavy (non-hydrogen) atoms. The lowest BCUT2D eigenvalue weighted by molar-refractivity contribution is 0.1000. The van der Waals surface area contributed by atoms with Crippen LogP contribution in [0.1, 0.15) is 25.4 Å². The van der Waals surface area contributed by atoms with Crippen LogP contribution in [0.5, 0.6) is 5.75 Å². The number of nitrogens with zero attached hydrogens (tertiary/aromatic N) is 3. The van der Waals surface area contributed by atoms with Crippen molar-refractivity contribution >= 4 is 11.5 Å². The molecule has 6 heteroatoms. The molecule has 0 fully saturated rings. The number of aromatic nitrogens is 3. The second-order valence-corrected chi connectivity index (χ2v) is 6.27. The summed E-state index contributed by atoms with van der Waals surface area (Å²) in [6.07, 6.45) is 1.92. The van der Waals surface area contributed by atoms with E-state index in [9.17, 15) is 0 Å². The highest BCUT2D eigenvalue weighted by atomic mass is 32.1. The number of hydrogen-bond donors (Lipinski definition) is 0. The van der Waals surface area contributed by atoms with Gasteiger partial charge in [-0.3, -0.25) is 4.98 Å². The lowest BCUT2D eigenvalue weighted by Crippen LogP contribution is -2.05. The average molecular weight is 341 g/mol. The van der Waals surface area contributed by atoms with Crippen molar-refractivity contribution in [2.24, 2.45) is 0 Å². The van der Waals surface area contributed by atoms with E-state index in [0.29, 0.717) is 19.0 Å². The van der Waals surface area contributed by atoms with Crippen LogP contribution in [0.25, 0.3) is 10.6 Å². The minimum absolute atomic E-state index is 0.167. The zero-order valence-electron chi connectivity index (χ0n) is 13.7. The Morgan fingerprint density at radius 3 is 2.58 bits per heavy atom. The minimum atomic E-state index is 0.167. The number of pyridine rings is 1. The Kier molecular flexibility index (Phi) is 5.51. The van der Waals surface area contributed by atoms with Crippen LogP contribution in [0.4, 0.5) is 0 Å². The maximum absolute atomic E-state index is 5.65. The normalized spacial score (nSPS) is 11.0. The molecule has 0 radical (unpaired) electrons. The van der Waals surface area contributed by atoms with Gasteiger partial charge in [0.25, 0.3) is 0 Å². The van der Waals surface area contributed by atoms with E-state index in [4.69, 9.17) is 9.47 Å². The summed E-state index contributed by atoms with van der Waals surface area (Å²) < 4.78 is 15.6. The van der Waals surface area contributed by atoms with Gasteiger partial charge in [0.2, 0.25) is 0 Å². The van der Waals surface area contributed by atoms with Gasteiger partial charge >= 0.3 is 0 Å². The molecule has 2 heterocycles. The molecule has 0 saturated carbocycles. The molecule has 0 bridgehead atoms. The van der Waals surface area contributed by atoms with Crippen molar-refractivity contribution in [1.29, 1.82) is 0 Å². The summed E-state index contributed by atoms with van der Waals surface area (Å²) in [7, 11) is 0. The molecule has 0 aliphatic carbocycles. The predicted molar refractivity (Wildman–Crippen MR) is 93.8 cm³/mol. The summed E-state index contributed by atoms with van der Waals surface area (Å²) in [4.78, 5) is 8.74. The molecule has 0 atom stereocenters. The Morgan fingerprint density at radius 2 is 1.88 bits per heavy atom. The van der Waals surface area contributed by atoms with Gasteiger partial charge in [-0.15, -0.1) is 0 Å². The molecule has 2 aromatic heterocycles. The number of benzene rings is 1. The van der Waals surface area contributed by atoms with Crippen molar-refractivity contribution in [2.45, 2.75) is 33.2 Å². The van der Waals surface area contributed by atoms with Gasteiger partial charge in [-0.1, -0.05) is 6.07 Å². The monoisotopic (exact) mass is 341 g/mol. The van der Waals surface area contributed by atoms with Crippen molar-refractivity contribution < 1.29 is 9.47 Å². The van der Waals surface area contributed by atoms with E-state index in [1.54, 1.807) is 6.20 Å². The molecule has 0 aliphatic heterocycles. The van der Waals surface area contributed by atoms with Gasteiger partial charge in [-0.25, -0.2) is 4.98 Å². The SMILES string of the molecule is CC(C)Oc1ccc(-c2nc(COCc3ccccn3)ns2)cc1. The van der Waals surface area contributed by atoms with Gasteiger partial charge in [0.1, 0.15) is 17.4 Å². The van der Waals surface area contributed by atoms with Crippen molar-refractivity contribution in [3.63, 3.8) is 0 Å². The van der Waals surface area contributed by atoms with Crippen LogP contribution >= 0.6 is 11.5 Å². The Labute approximate surface area is 145 Å². The molecule has 0 N–H and O–H groups in total. The highest BCUT2D eigenvalue weighted by Gasteiger charge is 2.08. The Balaban J connectivity index is 1.57. The Hall–Kier alpha value is -2.31. The maximum Gasteiger partial charge on any atom is 0.168 e. The van der Waals surface area contributed by atoms with Gasteiger partial charge in [0, 0.05) is 11.8 Å². The average Bonchev–Trinajstić information content (AvgIpc) is 3.05.